The van der Waals surface area contributed by atoms with Crippen LogP contribution in [0, 0.1) is 5.92 Å². The normalized spacial score (nSPS) is 24.9. The van der Waals surface area contributed by atoms with Crippen molar-refractivity contribution in [3.05, 3.63) is 70.7 Å². The molecule has 0 bridgehead atoms. The predicted octanol–water partition coefficient (Wildman–Crippen LogP) is 3.08. The number of nitrogens with zero attached hydrogens (tertiary/aromatic N) is 1. The van der Waals surface area contributed by atoms with Crippen LogP contribution >= 0.6 is 11.6 Å². The maximum atomic E-state index is 12.5. The minimum absolute atomic E-state index is 0.0105. The summed E-state index contributed by atoms with van der Waals surface area (Å²) in [5.74, 6) is -0.140. The molecule has 150 valence electrons. The van der Waals surface area contributed by atoms with Crippen LogP contribution < -0.4 is 10.6 Å². The molecule has 1 aliphatic carbocycles. The molecular weight excluding hydrogens is 390 g/mol. The topological polar surface area (TPSA) is 80.3 Å². The third-order valence-electron chi connectivity index (χ3n) is 5.29. The fourth-order valence-electron chi connectivity index (χ4n) is 3.80. The number of benzene rings is 1. The second-order valence-corrected chi connectivity index (χ2v) is 7.79. The van der Waals surface area contributed by atoms with Gasteiger partial charge in [0, 0.05) is 17.1 Å². The zero-order chi connectivity index (χ0) is 20.2. The molecule has 2 aliphatic rings. The van der Waals surface area contributed by atoms with Gasteiger partial charge in [-0.15, -0.1) is 0 Å². The van der Waals surface area contributed by atoms with Crippen LogP contribution in [0.3, 0.4) is 0 Å². The average Bonchev–Trinajstić information content (AvgIpc) is 2.73. The number of aromatic nitrogens is 1. The summed E-state index contributed by atoms with van der Waals surface area (Å²) in [4.78, 5) is 29.2. The van der Waals surface area contributed by atoms with E-state index in [-0.39, 0.29) is 35.6 Å². The molecule has 29 heavy (non-hydrogen) atoms. The number of amides is 2. The highest BCUT2D eigenvalue weighted by Gasteiger charge is 2.40. The lowest BCUT2D eigenvalue weighted by Crippen LogP contribution is -2.54. The molecule has 0 radical (unpaired) electrons. The first-order valence-electron chi connectivity index (χ1n) is 9.71. The molecule has 2 fully saturated rings. The summed E-state index contributed by atoms with van der Waals surface area (Å²) < 4.78 is 5.97. The highest BCUT2D eigenvalue weighted by atomic mass is 35.5. The number of fused-ring (bicyclic) bond motifs is 1. The summed E-state index contributed by atoms with van der Waals surface area (Å²) in [6.45, 7) is 0.402. The van der Waals surface area contributed by atoms with E-state index in [2.05, 4.69) is 15.6 Å². The van der Waals surface area contributed by atoms with Gasteiger partial charge in [-0.2, -0.15) is 0 Å². The van der Waals surface area contributed by atoms with E-state index in [0.717, 1.165) is 17.7 Å². The third kappa shape index (κ3) is 4.77. The van der Waals surface area contributed by atoms with Crippen LogP contribution in [0.15, 0.2) is 54.4 Å². The quantitative estimate of drug-likeness (QED) is 0.758. The van der Waals surface area contributed by atoms with E-state index in [0.29, 0.717) is 24.4 Å². The van der Waals surface area contributed by atoms with Crippen LogP contribution in [0.25, 0.3) is 6.08 Å². The fourth-order valence-corrected chi connectivity index (χ4v) is 4.00. The van der Waals surface area contributed by atoms with Crippen LogP contribution in [0.1, 0.15) is 30.5 Å². The van der Waals surface area contributed by atoms with Crippen molar-refractivity contribution in [1.29, 1.82) is 0 Å². The highest BCUT2D eigenvalue weighted by Crippen LogP contribution is 2.31. The summed E-state index contributed by atoms with van der Waals surface area (Å²) >= 11 is 6.01. The van der Waals surface area contributed by atoms with Crippen molar-refractivity contribution >= 4 is 29.5 Å². The average molecular weight is 412 g/mol. The number of carbonyl (C=O) groups is 2. The van der Waals surface area contributed by atoms with Gasteiger partial charge in [0.1, 0.15) is 6.10 Å². The van der Waals surface area contributed by atoms with Crippen molar-refractivity contribution in [2.24, 2.45) is 5.92 Å². The zero-order valence-electron chi connectivity index (χ0n) is 15.8. The van der Waals surface area contributed by atoms with E-state index >= 15 is 0 Å². The molecule has 2 amide bonds. The second kappa shape index (κ2) is 8.66. The van der Waals surface area contributed by atoms with E-state index in [1.54, 1.807) is 24.4 Å². The molecule has 1 aromatic carbocycles. The van der Waals surface area contributed by atoms with E-state index in [4.69, 9.17) is 16.3 Å². The molecule has 3 atom stereocenters. The van der Waals surface area contributed by atoms with Crippen LogP contribution in [0.2, 0.25) is 5.02 Å². The van der Waals surface area contributed by atoms with Gasteiger partial charge < -0.3 is 15.4 Å². The second-order valence-electron chi connectivity index (χ2n) is 7.35. The molecule has 2 heterocycles. The zero-order valence-corrected chi connectivity index (χ0v) is 16.6. The monoisotopic (exact) mass is 411 g/mol. The van der Waals surface area contributed by atoms with Crippen LogP contribution in [0.4, 0.5) is 0 Å². The Bertz CT molecular complexity index is 932. The number of morpholine rings is 1. The minimum Gasteiger partial charge on any atom is -0.483 e. The predicted molar refractivity (Wildman–Crippen MR) is 110 cm³/mol. The standard InChI is InChI=1S/C22H22ClN3O3/c23-16-5-3-4-14(10-16)11-20-22(28)26-18-12-15(7-8-19(18)29-20)21(27)25-13-17-6-1-2-9-24-17/h1-6,9-11,15,18-19H,7-8,12-13H2,(H,25,27)(H,26,28)/b20-11+. The van der Waals surface area contributed by atoms with Crippen LogP contribution in [-0.4, -0.2) is 28.9 Å². The molecule has 6 nitrogen and oxygen atoms in total. The van der Waals surface area contributed by atoms with E-state index in [9.17, 15) is 9.59 Å². The molecule has 2 aromatic rings. The third-order valence-corrected chi connectivity index (χ3v) is 5.53. The van der Waals surface area contributed by atoms with Crippen molar-refractivity contribution in [2.75, 3.05) is 0 Å². The largest absolute Gasteiger partial charge is 0.483 e. The van der Waals surface area contributed by atoms with Gasteiger partial charge in [0.05, 0.1) is 18.3 Å². The van der Waals surface area contributed by atoms with Crippen molar-refractivity contribution in [3.63, 3.8) is 0 Å². The number of nitrogens with one attached hydrogen (secondary N) is 2. The Morgan fingerprint density at radius 3 is 2.97 bits per heavy atom. The summed E-state index contributed by atoms with van der Waals surface area (Å²) in [7, 11) is 0. The van der Waals surface area contributed by atoms with E-state index < -0.39 is 0 Å². The SMILES string of the molecule is O=C1NC2CC(C(=O)NCc3ccccn3)CCC2O/C1=C/c1cccc(Cl)c1. The first-order valence-corrected chi connectivity index (χ1v) is 10.1. The van der Waals surface area contributed by atoms with Crippen molar-refractivity contribution in [3.8, 4) is 0 Å². The molecular formula is C22H22ClN3O3. The maximum absolute atomic E-state index is 12.5. The Morgan fingerprint density at radius 1 is 1.28 bits per heavy atom. The molecule has 4 rings (SSSR count). The number of ether oxygens (including phenoxy) is 1. The first kappa shape index (κ1) is 19.5. The van der Waals surface area contributed by atoms with Gasteiger partial charge in [-0.25, -0.2) is 0 Å². The Balaban J connectivity index is 1.35. The lowest BCUT2D eigenvalue weighted by molar-refractivity contribution is -0.135. The van der Waals surface area contributed by atoms with Gasteiger partial charge in [-0.3, -0.25) is 14.6 Å². The van der Waals surface area contributed by atoms with Gasteiger partial charge in [0.25, 0.3) is 5.91 Å². The summed E-state index contributed by atoms with van der Waals surface area (Å²) in [6, 6.07) is 12.7. The van der Waals surface area contributed by atoms with Gasteiger partial charge in [-0.1, -0.05) is 29.8 Å². The number of pyridine rings is 1. The van der Waals surface area contributed by atoms with Gasteiger partial charge in [0.15, 0.2) is 5.76 Å². The molecule has 1 saturated heterocycles. The summed E-state index contributed by atoms with van der Waals surface area (Å²) in [5.41, 5.74) is 1.63. The molecule has 3 unspecified atom stereocenters. The van der Waals surface area contributed by atoms with Crippen molar-refractivity contribution in [2.45, 2.75) is 38.0 Å². The van der Waals surface area contributed by atoms with Gasteiger partial charge in [-0.05, 0) is 55.2 Å². The lowest BCUT2D eigenvalue weighted by Gasteiger charge is -2.39. The van der Waals surface area contributed by atoms with Crippen LogP contribution in [-0.2, 0) is 20.9 Å². The molecule has 1 saturated carbocycles. The maximum Gasteiger partial charge on any atom is 0.286 e. The molecule has 1 aliphatic heterocycles. The number of hydrogen-bond acceptors (Lipinski definition) is 4. The lowest BCUT2D eigenvalue weighted by atomic mass is 9.82. The molecule has 1 aromatic heterocycles. The van der Waals surface area contributed by atoms with E-state index in [1.165, 1.54) is 0 Å². The molecule has 2 N–H and O–H groups in total. The van der Waals surface area contributed by atoms with Gasteiger partial charge >= 0.3 is 0 Å². The number of hydrogen-bond donors (Lipinski definition) is 2. The van der Waals surface area contributed by atoms with Crippen molar-refractivity contribution in [1.82, 2.24) is 15.6 Å². The van der Waals surface area contributed by atoms with Gasteiger partial charge in [0.2, 0.25) is 5.91 Å². The highest BCUT2D eigenvalue weighted by molar-refractivity contribution is 6.30. The number of carbonyl (C=O) groups excluding carboxylic acids is 2. The Labute approximate surface area is 174 Å². The number of rotatable bonds is 4. The smallest absolute Gasteiger partial charge is 0.286 e. The summed E-state index contributed by atoms with van der Waals surface area (Å²) in [5, 5.41) is 6.55. The first-order chi connectivity index (χ1) is 14.1. The summed E-state index contributed by atoms with van der Waals surface area (Å²) in [6.07, 6.45) is 5.27. The molecule has 7 heteroatoms. The molecule has 0 spiro atoms. The Hall–Kier alpha value is -2.86. The Kier molecular flexibility index (Phi) is 5.81. The Morgan fingerprint density at radius 2 is 2.17 bits per heavy atom. The fraction of sp³-hybridized carbons (Fsp3) is 0.318. The van der Waals surface area contributed by atoms with Crippen molar-refractivity contribution < 1.29 is 14.3 Å². The number of halogens is 1. The minimum atomic E-state index is -0.263. The van der Waals surface area contributed by atoms with Crippen LogP contribution in [0.5, 0.6) is 0 Å². The van der Waals surface area contributed by atoms with E-state index in [1.807, 2.05) is 30.3 Å².